The van der Waals surface area contributed by atoms with E-state index in [1.165, 1.54) is 0 Å². The number of carbonyl (C=O) groups is 1. The Morgan fingerprint density at radius 1 is 1.25 bits per heavy atom. The molecule has 6 heteroatoms. The lowest BCUT2D eigenvalue weighted by molar-refractivity contribution is 0.0693. The second-order valence-electron chi connectivity index (χ2n) is 6.76. The van der Waals surface area contributed by atoms with Crippen molar-refractivity contribution >= 4 is 22.8 Å². The van der Waals surface area contributed by atoms with Crippen LogP contribution in [0.25, 0.3) is 10.9 Å². The monoisotopic (exact) mass is 324 g/mol. The Labute approximate surface area is 139 Å². The summed E-state index contributed by atoms with van der Waals surface area (Å²) in [5.74, 6) is -0.690. The smallest absolute Gasteiger partial charge is 0.337 e. The van der Waals surface area contributed by atoms with Gasteiger partial charge < -0.3 is 15.7 Å². The van der Waals surface area contributed by atoms with Gasteiger partial charge in [-0.25, -0.2) is 4.79 Å². The Kier molecular flexibility index (Phi) is 3.40. The van der Waals surface area contributed by atoms with Crippen LogP contribution in [-0.2, 0) is 0 Å². The van der Waals surface area contributed by atoms with Gasteiger partial charge in [0, 0.05) is 23.4 Å². The molecule has 2 unspecified atom stereocenters. The highest BCUT2D eigenvalue weighted by Crippen LogP contribution is 2.43. The average Bonchev–Trinajstić information content (AvgIpc) is 2.84. The molecule has 2 aromatic rings. The lowest BCUT2D eigenvalue weighted by Gasteiger charge is -2.39. The molecule has 0 radical (unpaired) electrons. The van der Waals surface area contributed by atoms with Crippen LogP contribution >= 0.6 is 0 Å². The second kappa shape index (κ2) is 5.47. The number of rotatable bonds is 2. The topological polar surface area (TPSA) is 103 Å². The molecule has 0 saturated carbocycles. The zero-order chi connectivity index (χ0) is 16.8. The first-order valence-corrected chi connectivity index (χ1v) is 8.30. The van der Waals surface area contributed by atoms with Crippen molar-refractivity contribution < 1.29 is 9.90 Å². The van der Waals surface area contributed by atoms with Gasteiger partial charge in [0.25, 0.3) is 0 Å². The van der Waals surface area contributed by atoms with Crippen molar-refractivity contribution in [2.45, 2.75) is 43.7 Å². The number of nitrogens with two attached hydrogens (primary N) is 1. The third-order valence-corrected chi connectivity index (χ3v) is 5.38. The number of benzene rings is 1. The van der Waals surface area contributed by atoms with Crippen LogP contribution < -0.4 is 5.73 Å². The first kappa shape index (κ1) is 14.9. The molecule has 2 bridgehead atoms. The number of nitrogens with zero attached hydrogens (tertiary/aromatic N) is 2. The number of guanidine groups is 1. The van der Waals surface area contributed by atoms with Gasteiger partial charge >= 0.3 is 5.97 Å². The number of para-hydroxylation sites is 1. The van der Waals surface area contributed by atoms with Gasteiger partial charge in [-0.1, -0.05) is 18.2 Å². The number of carboxylic acids is 1. The van der Waals surface area contributed by atoms with E-state index < -0.39 is 5.97 Å². The minimum Gasteiger partial charge on any atom is -0.478 e. The molecule has 2 aliphatic rings. The summed E-state index contributed by atoms with van der Waals surface area (Å²) in [7, 11) is 0. The van der Waals surface area contributed by atoms with Crippen molar-refractivity contribution in [1.82, 2.24) is 9.88 Å². The van der Waals surface area contributed by atoms with Gasteiger partial charge in [0.05, 0.1) is 16.8 Å². The van der Waals surface area contributed by atoms with Crippen LogP contribution in [-0.4, -0.2) is 39.0 Å². The van der Waals surface area contributed by atoms with Gasteiger partial charge in [-0.15, -0.1) is 0 Å². The number of hydrogen-bond acceptors (Lipinski definition) is 3. The molecule has 2 atom stereocenters. The van der Waals surface area contributed by atoms with E-state index in [0.717, 1.165) is 36.6 Å². The highest BCUT2D eigenvalue weighted by atomic mass is 16.4. The van der Waals surface area contributed by atoms with Gasteiger partial charge in [-0.05, 0) is 37.8 Å². The molecule has 2 fully saturated rings. The standard InChI is InChI=1S/C18H20N4O2/c19-18(20)22-12-5-6-13(22)8-11(7-12)16-14(17(23)24)9-10-3-1-2-4-15(10)21-16/h1-4,9,11-13H,5-8H2,(H3,19,20)(H,23,24). The third-order valence-electron chi connectivity index (χ3n) is 5.38. The quantitative estimate of drug-likeness (QED) is 0.582. The van der Waals surface area contributed by atoms with Crippen LogP contribution in [0.1, 0.15) is 47.7 Å². The average molecular weight is 324 g/mol. The Morgan fingerprint density at radius 2 is 1.92 bits per heavy atom. The van der Waals surface area contributed by atoms with E-state index in [4.69, 9.17) is 16.1 Å². The number of pyridine rings is 1. The van der Waals surface area contributed by atoms with Crippen molar-refractivity contribution in [2.75, 3.05) is 0 Å². The maximum absolute atomic E-state index is 11.8. The second-order valence-corrected chi connectivity index (χ2v) is 6.76. The van der Waals surface area contributed by atoms with Crippen LogP contribution in [0, 0.1) is 5.41 Å². The number of aromatic carboxylic acids is 1. The predicted molar refractivity (Wildman–Crippen MR) is 91.2 cm³/mol. The zero-order valence-corrected chi connectivity index (χ0v) is 13.3. The Morgan fingerprint density at radius 3 is 2.54 bits per heavy atom. The van der Waals surface area contributed by atoms with E-state index in [1.807, 2.05) is 29.2 Å². The molecule has 24 heavy (non-hydrogen) atoms. The fourth-order valence-corrected chi connectivity index (χ4v) is 4.41. The van der Waals surface area contributed by atoms with Gasteiger partial charge in [-0.3, -0.25) is 10.4 Å². The molecular weight excluding hydrogens is 304 g/mol. The number of piperidine rings is 1. The SMILES string of the molecule is N=C(N)N1C2CCC1CC(c1nc3ccccc3cc1C(=O)O)C2. The van der Waals surface area contributed by atoms with Gasteiger partial charge in [0.2, 0.25) is 0 Å². The van der Waals surface area contributed by atoms with Crippen LogP contribution in [0.5, 0.6) is 0 Å². The number of nitrogens with one attached hydrogen (secondary N) is 1. The predicted octanol–water partition coefficient (Wildman–Crippen LogP) is 2.54. The largest absolute Gasteiger partial charge is 0.478 e. The molecule has 4 N–H and O–H groups in total. The summed E-state index contributed by atoms with van der Waals surface area (Å²) >= 11 is 0. The molecule has 0 amide bonds. The number of carboxylic acid groups (broad SMARTS) is 1. The summed E-state index contributed by atoms with van der Waals surface area (Å²) in [6.45, 7) is 0. The molecule has 2 aliphatic heterocycles. The highest BCUT2D eigenvalue weighted by molar-refractivity contribution is 5.94. The van der Waals surface area contributed by atoms with Crippen molar-refractivity contribution in [1.29, 1.82) is 5.41 Å². The third kappa shape index (κ3) is 2.29. The first-order valence-electron chi connectivity index (χ1n) is 8.30. The highest BCUT2D eigenvalue weighted by Gasteiger charge is 2.43. The fourth-order valence-electron chi connectivity index (χ4n) is 4.41. The Balaban J connectivity index is 1.75. The summed E-state index contributed by atoms with van der Waals surface area (Å²) in [6.07, 6.45) is 3.64. The lowest BCUT2D eigenvalue weighted by Crippen LogP contribution is -2.49. The van der Waals surface area contributed by atoms with Crippen LogP contribution in [0.4, 0.5) is 0 Å². The Hall–Kier alpha value is -2.63. The summed E-state index contributed by atoms with van der Waals surface area (Å²) in [4.78, 5) is 18.5. The van der Waals surface area contributed by atoms with Crippen LogP contribution in [0.2, 0.25) is 0 Å². The molecule has 4 rings (SSSR count). The van der Waals surface area contributed by atoms with Crippen LogP contribution in [0.3, 0.4) is 0 Å². The fraction of sp³-hybridized carbons (Fsp3) is 0.389. The minimum absolute atomic E-state index is 0.105. The zero-order valence-electron chi connectivity index (χ0n) is 13.3. The van der Waals surface area contributed by atoms with Gasteiger partial charge in [-0.2, -0.15) is 0 Å². The Bertz CT molecular complexity index is 821. The van der Waals surface area contributed by atoms with Crippen molar-refractivity contribution in [3.63, 3.8) is 0 Å². The van der Waals surface area contributed by atoms with E-state index in [0.29, 0.717) is 11.3 Å². The maximum atomic E-state index is 11.8. The summed E-state index contributed by atoms with van der Waals surface area (Å²) in [6, 6.07) is 9.80. The molecule has 2 saturated heterocycles. The molecule has 124 valence electrons. The minimum atomic E-state index is -0.926. The number of fused-ring (bicyclic) bond motifs is 3. The van der Waals surface area contributed by atoms with E-state index >= 15 is 0 Å². The van der Waals surface area contributed by atoms with Crippen molar-refractivity contribution in [2.24, 2.45) is 5.73 Å². The summed E-state index contributed by atoms with van der Waals surface area (Å²) < 4.78 is 0. The normalized spacial score (nSPS) is 25.8. The molecule has 3 heterocycles. The lowest BCUT2D eigenvalue weighted by atomic mass is 9.85. The van der Waals surface area contributed by atoms with Crippen LogP contribution in [0.15, 0.2) is 30.3 Å². The number of aromatic nitrogens is 1. The molecular formula is C18H20N4O2. The van der Waals surface area contributed by atoms with E-state index in [9.17, 15) is 9.90 Å². The van der Waals surface area contributed by atoms with Crippen molar-refractivity contribution in [3.05, 3.63) is 41.6 Å². The molecule has 6 nitrogen and oxygen atoms in total. The summed E-state index contributed by atoms with van der Waals surface area (Å²) in [5.41, 5.74) is 7.54. The van der Waals surface area contributed by atoms with E-state index in [2.05, 4.69) is 0 Å². The first-order chi connectivity index (χ1) is 11.5. The maximum Gasteiger partial charge on any atom is 0.337 e. The molecule has 0 aliphatic carbocycles. The van der Waals surface area contributed by atoms with Crippen molar-refractivity contribution in [3.8, 4) is 0 Å². The van der Waals surface area contributed by atoms with E-state index in [1.54, 1.807) is 6.07 Å². The number of hydrogen-bond donors (Lipinski definition) is 3. The van der Waals surface area contributed by atoms with Gasteiger partial charge in [0.15, 0.2) is 5.96 Å². The molecule has 0 spiro atoms. The van der Waals surface area contributed by atoms with E-state index in [-0.39, 0.29) is 24.0 Å². The van der Waals surface area contributed by atoms with Gasteiger partial charge in [0.1, 0.15) is 0 Å². The molecule has 1 aromatic carbocycles. The molecule has 1 aromatic heterocycles. The summed E-state index contributed by atoms with van der Waals surface area (Å²) in [5, 5.41) is 18.3.